The lowest BCUT2D eigenvalue weighted by Crippen LogP contribution is -2.14. The first kappa shape index (κ1) is 15.9. The first-order valence-corrected chi connectivity index (χ1v) is 8.97. The quantitative estimate of drug-likeness (QED) is 0.842. The van der Waals surface area contributed by atoms with Crippen molar-refractivity contribution in [2.24, 2.45) is 5.73 Å². The van der Waals surface area contributed by atoms with Crippen LogP contribution in [0.3, 0.4) is 0 Å². The molecule has 1 atom stereocenters. The monoisotopic (exact) mass is 329 g/mol. The van der Waals surface area contributed by atoms with Gasteiger partial charge in [-0.05, 0) is 20.3 Å². The van der Waals surface area contributed by atoms with Gasteiger partial charge < -0.3 is 10.3 Å². The lowest BCUT2D eigenvalue weighted by atomic mass is 10.3. The second-order valence-electron chi connectivity index (χ2n) is 4.79. The Morgan fingerprint density at radius 3 is 2.76 bits per heavy atom. The van der Waals surface area contributed by atoms with Crippen molar-refractivity contribution in [2.45, 2.75) is 44.8 Å². The van der Waals surface area contributed by atoms with Crippen LogP contribution in [0.5, 0.6) is 0 Å². The predicted molar refractivity (Wildman–Crippen MR) is 82.8 cm³/mol. The summed E-state index contributed by atoms with van der Waals surface area (Å²) >= 11 is 1.20. The van der Waals surface area contributed by atoms with Crippen LogP contribution >= 0.6 is 11.3 Å². The first-order chi connectivity index (χ1) is 9.83. The highest BCUT2D eigenvalue weighted by molar-refractivity contribution is 7.92. The Morgan fingerprint density at radius 1 is 1.48 bits per heavy atom. The molecule has 21 heavy (non-hydrogen) atoms. The minimum atomic E-state index is -3.72. The molecule has 3 N–H and O–H groups in total. The summed E-state index contributed by atoms with van der Waals surface area (Å²) in [5.41, 5.74) is 6.37. The molecule has 0 aliphatic rings. The Bertz CT molecular complexity index is 718. The molecule has 0 spiro atoms. The molecule has 0 aliphatic heterocycles. The number of aryl methyl sites for hydroxylation is 2. The zero-order valence-electron chi connectivity index (χ0n) is 12.2. The Hall–Kier alpha value is -1.45. The van der Waals surface area contributed by atoms with Gasteiger partial charge in [0.25, 0.3) is 10.0 Å². The standard InChI is InChI=1S/C12H19N5O2S2/c1-4-5-17-6-11(14-9(17)3)21(18,19)16-12-15-10(7-20-12)8(2)13/h6-8H,4-5,13H2,1-3H3,(H,15,16). The van der Waals surface area contributed by atoms with Crippen LogP contribution in [0.15, 0.2) is 16.6 Å². The molecular formula is C12H19N5O2S2. The van der Waals surface area contributed by atoms with Crippen LogP contribution in [0.4, 0.5) is 5.13 Å². The molecule has 0 aromatic carbocycles. The number of hydrogen-bond acceptors (Lipinski definition) is 6. The summed E-state index contributed by atoms with van der Waals surface area (Å²) in [6.07, 6.45) is 2.45. The molecule has 0 saturated carbocycles. The molecule has 0 saturated heterocycles. The van der Waals surface area contributed by atoms with E-state index >= 15 is 0 Å². The van der Waals surface area contributed by atoms with E-state index in [9.17, 15) is 8.42 Å². The van der Waals surface area contributed by atoms with Crippen LogP contribution in [0.1, 0.15) is 37.8 Å². The zero-order valence-corrected chi connectivity index (χ0v) is 13.8. The molecule has 1 unspecified atom stereocenters. The minimum Gasteiger partial charge on any atom is -0.334 e. The SMILES string of the molecule is CCCn1cc(S(=O)(=O)Nc2nc(C(C)N)cs2)nc1C. The maximum atomic E-state index is 12.3. The number of hydrogen-bond donors (Lipinski definition) is 2. The van der Waals surface area contributed by atoms with E-state index in [2.05, 4.69) is 14.7 Å². The highest BCUT2D eigenvalue weighted by atomic mass is 32.2. The third kappa shape index (κ3) is 3.60. The number of nitrogens with two attached hydrogens (primary N) is 1. The van der Waals surface area contributed by atoms with E-state index in [1.165, 1.54) is 11.3 Å². The lowest BCUT2D eigenvalue weighted by Gasteiger charge is -2.02. The molecule has 0 amide bonds. The summed E-state index contributed by atoms with van der Waals surface area (Å²) in [6.45, 7) is 6.34. The normalized spacial score (nSPS) is 13.3. The lowest BCUT2D eigenvalue weighted by molar-refractivity contribution is 0.597. The fourth-order valence-electron chi connectivity index (χ4n) is 1.79. The Labute approximate surface area is 128 Å². The van der Waals surface area contributed by atoms with Crippen LogP contribution in [0.25, 0.3) is 0 Å². The van der Waals surface area contributed by atoms with Crippen LogP contribution in [0, 0.1) is 6.92 Å². The number of nitrogens with one attached hydrogen (secondary N) is 1. The second-order valence-corrected chi connectivity index (χ2v) is 7.28. The highest BCUT2D eigenvalue weighted by Crippen LogP contribution is 2.22. The maximum Gasteiger partial charge on any atom is 0.282 e. The third-order valence-corrected chi connectivity index (χ3v) is 5.02. The van der Waals surface area contributed by atoms with E-state index in [1.54, 1.807) is 25.4 Å². The van der Waals surface area contributed by atoms with Crippen LogP contribution in [0.2, 0.25) is 0 Å². The average Bonchev–Trinajstić information content (AvgIpc) is 2.98. The van der Waals surface area contributed by atoms with Crippen molar-refractivity contribution in [3.63, 3.8) is 0 Å². The number of anilines is 1. The molecular weight excluding hydrogens is 310 g/mol. The molecule has 0 fully saturated rings. The molecule has 2 aromatic heterocycles. The van der Waals surface area contributed by atoms with Crippen molar-refractivity contribution in [1.82, 2.24) is 14.5 Å². The zero-order chi connectivity index (χ0) is 15.6. The van der Waals surface area contributed by atoms with Crippen molar-refractivity contribution in [3.05, 3.63) is 23.1 Å². The number of sulfonamides is 1. The predicted octanol–water partition coefficient (Wildman–Crippen LogP) is 1.88. The summed E-state index contributed by atoms with van der Waals surface area (Å²) in [5.74, 6) is 0.674. The molecule has 116 valence electrons. The van der Waals surface area contributed by atoms with Crippen molar-refractivity contribution >= 4 is 26.5 Å². The molecule has 7 nitrogen and oxygen atoms in total. The van der Waals surface area contributed by atoms with Gasteiger partial charge in [0.1, 0.15) is 5.82 Å². The average molecular weight is 329 g/mol. The van der Waals surface area contributed by atoms with Gasteiger partial charge in [-0.1, -0.05) is 6.92 Å². The van der Waals surface area contributed by atoms with Crippen molar-refractivity contribution < 1.29 is 8.42 Å². The molecule has 0 radical (unpaired) electrons. The van der Waals surface area contributed by atoms with E-state index in [-0.39, 0.29) is 11.1 Å². The van der Waals surface area contributed by atoms with Gasteiger partial charge in [0.2, 0.25) is 0 Å². The van der Waals surface area contributed by atoms with Crippen LogP contribution in [-0.4, -0.2) is 23.0 Å². The van der Waals surface area contributed by atoms with Gasteiger partial charge in [-0.15, -0.1) is 11.3 Å². The van der Waals surface area contributed by atoms with Crippen molar-refractivity contribution in [2.75, 3.05) is 4.72 Å². The van der Waals surface area contributed by atoms with E-state index in [4.69, 9.17) is 5.73 Å². The number of aromatic nitrogens is 3. The van der Waals surface area contributed by atoms with Gasteiger partial charge in [0, 0.05) is 24.2 Å². The number of thiazole rings is 1. The Balaban J connectivity index is 2.23. The molecule has 2 rings (SSSR count). The second kappa shape index (κ2) is 6.12. The highest BCUT2D eigenvalue weighted by Gasteiger charge is 2.21. The third-order valence-electron chi connectivity index (χ3n) is 2.90. The molecule has 2 heterocycles. The van der Waals surface area contributed by atoms with Crippen molar-refractivity contribution in [3.8, 4) is 0 Å². The molecule has 0 bridgehead atoms. The largest absolute Gasteiger partial charge is 0.334 e. The summed E-state index contributed by atoms with van der Waals surface area (Å²) in [6, 6.07) is -0.231. The van der Waals surface area contributed by atoms with Gasteiger partial charge >= 0.3 is 0 Å². The Kier molecular flexibility index (Phi) is 4.64. The fourth-order valence-corrected chi connectivity index (χ4v) is 3.86. The summed E-state index contributed by atoms with van der Waals surface area (Å²) < 4.78 is 28.9. The maximum absolute atomic E-state index is 12.3. The summed E-state index contributed by atoms with van der Waals surface area (Å²) in [5, 5.41) is 2.04. The van der Waals surface area contributed by atoms with E-state index in [1.807, 2.05) is 11.5 Å². The Morgan fingerprint density at radius 2 is 2.19 bits per heavy atom. The topological polar surface area (TPSA) is 103 Å². The van der Waals surface area contributed by atoms with Gasteiger partial charge in [0.15, 0.2) is 10.2 Å². The summed E-state index contributed by atoms with van der Waals surface area (Å²) in [7, 11) is -3.72. The minimum absolute atomic E-state index is 0.00555. The van der Waals surface area contributed by atoms with E-state index < -0.39 is 10.0 Å². The van der Waals surface area contributed by atoms with Crippen molar-refractivity contribution in [1.29, 1.82) is 0 Å². The van der Waals surface area contributed by atoms with Gasteiger partial charge in [-0.2, -0.15) is 8.42 Å². The number of imidazole rings is 1. The molecule has 9 heteroatoms. The smallest absolute Gasteiger partial charge is 0.282 e. The van der Waals surface area contributed by atoms with Gasteiger partial charge in [-0.3, -0.25) is 4.72 Å². The van der Waals surface area contributed by atoms with E-state index in [0.717, 1.165) is 13.0 Å². The van der Waals surface area contributed by atoms with Gasteiger partial charge in [-0.25, -0.2) is 9.97 Å². The fraction of sp³-hybridized carbons (Fsp3) is 0.500. The molecule has 2 aromatic rings. The summed E-state index contributed by atoms with van der Waals surface area (Å²) in [4.78, 5) is 8.26. The number of nitrogens with zero attached hydrogens (tertiary/aromatic N) is 3. The number of rotatable bonds is 6. The molecule has 0 aliphatic carbocycles. The van der Waals surface area contributed by atoms with Crippen LogP contribution < -0.4 is 10.5 Å². The first-order valence-electron chi connectivity index (χ1n) is 6.61. The van der Waals surface area contributed by atoms with Gasteiger partial charge in [0.05, 0.1) is 5.69 Å². The van der Waals surface area contributed by atoms with Crippen LogP contribution in [-0.2, 0) is 16.6 Å². The van der Waals surface area contributed by atoms with E-state index in [0.29, 0.717) is 16.6 Å².